The van der Waals surface area contributed by atoms with Crippen molar-refractivity contribution < 1.29 is 33.1 Å². The van der Waals surface area contributed by atoms with Crippen molar-refractivity contribution in [1.29, 1.82) is 0 Å². The van der Waals surface area contributed by atoms with E-state index in [1.807, 2.05) is 13.8 Å². The number of carbonyl (C=O) groups is 1. The van der Waals surface area contributed by atoms with Crippen molar-refractivity contribution in [2.24, 2.45) is 0 Å². The Morgan fingerprint density at radius 1 is 0.857 bits per heavy atom. The van der Waals surface area contributed by atoms with Gasteiger partial charge in [-0.1, -0.05) is 50.2 Å². The Hall–Kier alpha value is -2.26. The van der Waals surface area contributed by atoms with Crippen molar-refractivity contribution in [1.82, 2.24) is 0 Å². The van der Waals surface area contributed by atoms with Crippen LogP contribution in [0.4, 0.5) is 0 Å². The fourth-order valence-electron chi connectivity index (χ4n) is 1.82. The smallest absolute Gasteiger partial charge is 0.335 e. The summed E-state index contributed by atoms with van der Waals surface area (Å²) in [5.41, 5.74) is 0.331. The summed E-state index contributed by atoms with van der Waals surface area (Å²) < 4.78 is 29.2. The Bertz CT molecular complexity index is 754. The molecule has 0 aromatic heterocycles. The second kappa shape index (κ2) is 13.8. The molecule has 0 aliphatic rings. The van der Waals surface area contributed by atoms with Crippen molar-refractivity contribution in [3.05, 3.63) is 66.2 Å². The van der Waals surface area contributed by atoms with Crippen LogP contribution in [0.2, 0.25) is 0 Å². The maximum atomic E-state index is 10.4. The number of aliphatic hydroxyl groups is 2. The fourth-order valence-corrected chi connectivity index (χ4v) is 2.32. The van der Waals surface area contributed by atoms with Gasteiger partial charge in [-0.05, 0) is 43.5 Å². The minimum absolute atomic E-state index is 0.0741. The van der Waals surface area contributed by atoms with E-state index >= 15 is 0 Å². The topological polar surface area (TPSA) is 132 Å². The minimum atomic E-state index is -4.00. The first kappa shape index (κ1) is 25.7. The van der Waals surface area contributed by atoms with Gasteiger partial charge in [0.15, 0.2) is 0 Å². The van der Waals surface area contributed by atoms with E-state index < -0.39 is 16.1 Å². The van der Waals surface area contributed by atoms with Crippen LogP contribution in [0.1, 0.15) is 43.5 Å². The van der Waals surface area contributed by atoms with Crippen LogP contribution in [0.5, 0.6) is 0 Å². The van der Waals surface area contributed by atoms with Crippen molar-refractivity contribution in [2.75, 3.05) is 0 Å². The highest BCUT2D eigenvalue weighted by Gasteiger charge is 2.07. The van der Waals surface area contributed by atoms with E-state index in [1.165, 1.54) is 12.1 Å². The fraction of sp³-hybridized carbons (Fsp3) is 0.350. The average molecular weight is 413 g/mol. The molecule has 156 valence electrons. The first-order valence-electron chi connectivity index (χ1n) is 8.78. The molecule has 2 aromatic carbocycles. The summed E-state index contributed by atoms with van der Waals surface area (Å²) in [6.45, 7) is 3.82. The number of carboxylic acids is 1. The molecule has 0 spiro atoms. The van der Waals surface area contributed by atoms with E-state index in [9.17, 15) is 13.2 Å². The lowest BCUT2D eigenvalue weighted by atomic mass is 10.1. The van der Waals surface area contributed by atoms with Crippen LogP contribution in [0.15, 0.2) is 65.6 Å². The molecule has 0 radical (unpaired) electrons. The van der Waals surface area contributed by atoms with E-state index in [1.54, 1.807) is 48.5 Å². The minimum Gasteiger partial charge on any atom is -0.478 e. The standard InChI is InChI=1S/C7H6O2.C7H16O2.C6H6O3S/c8-7(9)6-4-2-1-3-5-6;1-3-6(8)5-7(9)4-2;7-10(8,9)6-4-2-1-3-5-6/h1-5H,(H,8,9);6-9H,3-5H2,1-2H3;1-5H,(H,7,8,9). The lowest BCUT2D eigenvalue weighted by molar-refractivity contribution is 0.0696. The molecule has 2 atom stereocenters. The molecular formula is C20H28O7S. The summed E-state index contributed by atoms with van der Waals surface area (Å²) >= 11 is 0. The zero-order valence-electron chi connectivity index (χ0n) is 16.0. The summed E-state index contributed by atoms with van der Waals surface area (Å²) in [6.07, 6.45) is 1.35. The molecule has 0 heterocycles. The van der Waals surface area contributed by atoms with Crippen LogP contribution in [0, 0.1) is 0 Å². The van der Waals surface area contributed by atoms with Gasteiger partial charge in [0, 0.05) is 0 Å². The third-order valence-electron chi connectivity index (χ3n) is 3.55. The van der Waals surface area contributed by atoms with Crippen LogP contribution in [0.25, 0.3) is 0 Å². The van der Waals surface area contributed by atoms with Gasteiger partial charge in [-0.3, -0.25) is 4.55 Å². The van der Waals surface area contributed by atoms with E-state index in [0.29, 0.717) is 12.0 Å². The summed E-state index contributed by atoms with van der Waals surface area (Å²) in [7, 11) is -4.00. The molecule has 0 aliphatic heterocycles. The molecule has 28 heavy (non-hydrogen) atoms. The maximum Gasteiger partial charge on any atom is 0.335 e. The van der Waals surface area contributed by atoms with Gasteiger partial charge in [0.1, 0.15) is 0 Å². The number of aromatic carboxylic acids is 1. The van der Waals surface area contributed by atoms with Gasteiger partial charge < -0.3 is 15.3 Å². The van der Waals surface area contributed by atoms with Crippen molar-refractivity contribution in [3.63, 3.8) is 0 Å². The number of hydrogen-bond acceptors (Lipinski definition) is 5. The molecule has 2 unspecified atom stereocenters. The highest BCUT2D eigenvalue weighted by atomic mass is 32.2. The van der Waals surface area contributed by atoms with Gasteiger partial charge in [-0.2, -0.15) is 8.42 Å². The van der Waals surface area contributed by atoms with Crippen molar-refractivity contribution >= 4 is 16.1 Å². The second-order valence-corrected chi connectivity index (χ2v) is 7.24. The van der Waals surface area contributed by atoms with Crippen LogP contribution in [0.3, 0.4) is 0 Å². The van der Waals surface area contributed by atoms with Crippen LogP contribution in [-0.4, -0.2) is 46.5 Å². The predicted octanol–water partition coefficient (Wildman–Crippen LogP) is 3.24. The quantitative estimate of drug-likeness (QED) is 0.535. The van der Waals surface area contributed by atoms with Gasteiger partial charge >= 0.3 is 5.97 Å². The average Bonchev–Trinajstić information content (AvgIpc) is 2.69. The van der Waals surface area contributed by atoms with Crippen LogP contribution < -0.4 is 0 Å². The highest BCUT2D eigenvalue weighted by molar-refractivity contribution is 7.85. The van der Waals surface area contributed by atoms with Gasteiger partial charge in [-0.15, -0.1) is 0 Å². The van der Waals surface area contributed by atoms with Gasteiger partial charge in [-0.25, -0.2) is 4.79 Å². The first-order valence-corrected chi connectivity index (χ1v) is 10.2. The predicted molar refractivity (Wildman–Crippen MR) is 107 cm³/mol. The lowest BCUT2D eigenvalue weighted by Gasteiger charge is -2.11. The molecule has 8 heteroatoms. The van der Waals surface area contributed by atoms with E-state index in [-0.39, 0.29) is 17.1 Å². The first-order chi connectivity index (χ1) is 13.1. The summed E-state index contributed by atoms with van der Waals surface area (Å²) in [5.74, 6) is -0.879. The molecule has 0 aliphatic carbocycles. The lowest BCUT2D eigenvalue weighted by Crippen LogP contribution is -2.15. The zero-order chi connectivity index (χ0) is 21.6. The largest absolute Gasteiger partial charge is 0.478 e. The summed E-state index contributed by atoms with van der Waals surface area (Å²) in [5, 5.41) is 26.4. The number of benzene rings is 2. The van der Waals surface area contributed by atoms with E-state index in [0.717, 1.165) is 12.8 Å². The number of rotatable bonds is 6. The SMILES string of the molecule is CCC(O)CC(O)CC.O=C(O)c1ccccc1.O=S(=O)(O)c1ccccc1. The second-order valence-electron chi connectivity index (χ2n) is 5.82. The Balaban J connectivity index is 0.000000392. The Kier molecular flexibility index (Phi) is 12.7. The summed E-state index contributed by atoms with van der Waals surface area (Å²) in [4.78, 5) is 10.1. The number of aliphatic hydroxyl groups excluding tert-OH is 2. The molecule has 7 nitrogen and oxygen atoms in total. The van der Waals surface area contributed by atoms with Crippen molar-refractivity contribution in [3.8, 4) is 0 Å². The normalized spacial score (nSPS) is 12.5. The van der Waals surface area contributed by atoms with Gasteiger partial charge in [0.2, 0.25) is 0 Å². The molecule has 0 fully saturated rings. The Morgan fingerprint density at radius 2 is 1.25 bits per heavy atom. The Labute approximate surface area is 166 Å². The van der Waals surface area contributed by atoms with Gasteiger partial charge in [0.05, 0.1) is 22.7 Å². The maximum absolute atomic E-state index is 10.4. The number of hydrogen-bond donors (Lipinski definition) is 4. The van der Waals surface area contributed by atoms with Crippen LogP contribution >= 0.6 is 0 Å². The van der Waals surface area contributed by atoms with E-state index in [4.69, 9.17) is 19.9 Å². The molecule has 4 N–H and O–H groups in total. The molecule has 0 bridgehead atoms. The number of carboxylic acid groups (broad SMARTS) is 1. The molecule has 0 saturated heterocycles. The monoisotopic (exact) mass is 412 g/mol. The molecule has 0 amide bonds. The molecule has 2 aromatic rings. The van der Waals surface area contributed by atoms with Gasteiger partial charge in [0.25, 0.3) is 10.1 Å². The highest BCUT2D eigenvalue weighted by Crippen LogP contribution is 2.05. The third kappa shape index (κ3) is 12.2. The molecule has 2 rings (SSSR count). The zero-order valence-corrected chi connectivity index (χ0v) is 16.8. The Morgan fingerprint density at radius 3 is 1.50 bits per heavy atom. The third-order valence-corrected chi connectivity index (χ3v) is 4.42. The summed E-state index contributed by atoms with van der Waals surface area (Å²) in [6, 6.07) is 15.7. The van der Waals surface area contributed by atoms with Crippen molar-refractivity contribution in [2.45, 2.75) is 50.2 Å². The van der Waals surface area contributed by atoms with E-state index in [2.05, 4.69) is 0 Å². The molecule has 0 saturated carbocycles. The molecular weight excluding hydrogens is 384 g/mol. The van der Waals surface area contributed by atoms with Crippen LogP contribution in [-0.2, 0) is 10.1 Å².